The fourth-order valence-electron chi connectivity index (χ4n) is 1.25. The van der Waals surface area contributed by atoms with Gasteiger partial charge in [0.2, 0.25) is 0 Å². The van der Waals surface area contributed by atoms with Crippen LogP contribution in [0.25, 0.3) is 0 Å². The van der Waals surface area contributed by atoms with Crippen LogP contribution in [0.1, 0.15) is 36.9 Å². The van der Waals surface area contributed by atoms with Gasteiger partial charge in [0, 0.05) is 11.9 Å². The number of aryl methyl sites for hydroxylation is 1. The number of thiazole rings is 1. The summed E-state index contributed by atoms with van der Waals surface area (Å²) in [4.78, 5) is 4.53. The van der Waals surface area contributed by atoms with E-state index in [1.165, 1.54) is 30.0 Å². The molecular weight excluding hydrogens is 180 g/mol. The smallest absolute Gasteiger partial charge is 0.0928 e. The first kappa shape index (κ1) is 10.7. The van der Waals surface area contributed by atoms with Gasteiger partial charge in [0.05, 0.1) is 10.7 Å². The summed E-state index contributed by atoms with van der Waals surface area (Å²) in [6.07, 6.45) is 5.04. The Morgan fingerprint density at radius 3 is 3.00 bits per heavy atom. The first-order valence-corrected chi connectivity index (χ1v) is 5.82. The van der Waals surface area contributed by atoms with E-state index in [0.717, 1.165) is 13.0 Å². The molecule has 0 aliphatic heterocycles. The van der Waals surface area contributed by atoms with Crippen LogP contribution in [-0.2, 0) is 13.0 Å². The molecule has 0 spiro atoms. The molecule has 0 fully saturated rings. The monoisotopic (exact) mass is 198 g/mol. The Labute approximate surface area is 84.4 Å². The zero-order valence-electron chi connectivity index (χ0n) is 8.47. The average Bonchev–Trinajstić information content (AvgIpc) is 2.54. The summed E-state index contributed by atoms with van der Waals surface area (Å²) in [5.74, 6) is 0. The van der Waals surface area contributed by atoms with E-state index in [1.807, 2.05) is 7.05 Å². The van der Waals surface area contributed by atoms with Crippen LogP contribution < -0.4 is 5.32 Å². The molecule has 0 saturated heterocycles. The summed E-state index contributed by atoms with van der Waals surface area (Å²) in [5, 5.41) is 6.55. The van der Waals surface area contributed by atoms with Crippen LogP contribution in [0.4, 0.5) is 0 Å². The molecule has 1 heterocycles. The number of hydrogen-bond acceptors (Lipinski definition) is 3. The van der Waals surface area contributed by atoms with Crippen molar-refractivity contribution in [3.63, 3.8) is 0 Å². The van der Waals surface area contributed by atoms with Gasteiger partial charge in [-0.05, 0) is 19.9 Å². The van der Waals surface area contributed by atoms with Crippen molar-refractivity contribution in [3.8, 4) is 0 Å². The average molecular weight is 198 g/mol. The number of nitrogens with zero attached hydrogens (tertiary/aromatic N) is 1. The summed E-state index contributed by atoms with van der Waals surface area (Å²) in [7, 11) is 1.95. The van der Waals surface area contributed by atoms with Crippen LogP contribution in [0, 0.1) is 0 Å². The van der Waals surface area contributed by atoms with Crippen molar-refractivity contribution >= 4 is 11.3 Å². The van der Waals surface area contributed by atoms with E-state index in [2.05, 4.69) is 22.6 Å². The SMILES string of the molecule is CCCCCc1nc(CNC)cs1. The van der Waals surface area contributed by atoms with E-state index in [0.29, 0.717) is 0 Å². The third-order valence-electron chi connectivity index (χ3n) is 1.95. The molecule has 0 aliphatic carbocycles. The highest BCUT2D eigenvalue weighted by Crippen LogP contribution is 2.12. The van der Waals surface area contributed by atoms with Gasteiger partial charge in [-0.1, -0.05) is 19.8 Å². The van der Waals surface area contributed by atoms with Gasteiger partial charge >= 0.3 is 0 Å². The highest BCUT2D eigenvalue weighted by atomic mass is 32.1. The highest BCUT2D eigenvalue weighted by molar-refractivity contribution is 7.09. The molecule has 0 atom stereocenters. The van der Waals surface area contributed by atoms with Gasteiger partial charge in [-0.25, -0.2) is 4.98 Å². The van der Waals surface area contributed by atoms with Crippen LogP contribution in [0.3, 0.4) is 0 Å². The molecule has 3 heteroatoms. The van der Waals surface area contributed by atoms with Crippen molar-refractivity contribution < 1.29 is 0 Å². The lowest BCUT2D eigenvalue weighted by atomic mass is 10.2. The number of nitrogens with one attached hydrogen (secondary N) is 1. The predicted octanol–water partition coefficient (Wildman–Crippen LogP) is 2.60. The van der Waals surface area contributed by atoms with Crippen LogP contribution in [0.2, 0.25) is 0 Å². The standard InChI is InChI=1S/C10H18N2S/c1-3-4-5-6-10-12-9(7-11-2)8-13-10/h8,11H,3-7H2,1-2H3. The minimum absolute atomic E-state index is 0.893. The van der Waals surface area contributed by atoms with Crippen molar-refractivity contribution in [2.75, 3.05) is 7.05 Å². The topological polar surface area (TPSA) is 24.9 Å². The largest absolute Gasteiger partial charge is 0.314 e. The quantitative estimate of drug-likeness (QED) is 0.711. The molecule has 0 saturated carbocycles. The first-order chi connectivity index (χ1) is 6.36. The van der Waals surface area contributed by atoms with Gasteiger partial charge in [0.25, 0.3) is 0 Å². The molecule has 1 rings (SSSR count). The van der Waals surface area contributed by atoms with Crippen molar-refractivity contribution in [3.05, 3.63) is 16.1 Å². The summed E-state index contributed by atoms with van der Waals surface area (Å²) < 4.78 is 0. The van der Waals surface area contributed by atoms with Crippen molar-refractivity contribution in [2.24, 2.45) is 0 Å². The van der Waals surface area contributed by atoms with Gasteiger partial charge in [-0.3, -0.25) is 0 Å². The fraction of sp³-hybridized carbons (Fsp3) is 0.700. The Balaban J connectivity index is 2.31. The minimum atomic E-state index is 0.893. The predicted molar refractivity (Wildman–Crippen MR) is 58.1 cm³/mol. The zero-order valence-corrected chi connectivity index (χ0v) is 9.28. The maximum absolute atomic E-state index is 4.53. The van der Waals surface area contributed by atoms with Crippen LogP contribution in [0.15, 0.2) is 5.38 Å². The number of hydrogen-bond donors (Lipinski definition) is 1. The molecule has 0 unspecified atom stereocenters. The minimum Gasteiger partial charge on any atom is -0.314 e. The van der Waals surface area contributed by atoms with Gasteiger partial charge in [0.15, 0.2) is 0 Å². The summed E-state index contributed by atoms with van der Waals surface area (Å²) in [6.45, 7) is 3.12. The van der Waals surface area contributed by atoms with Crippen molar-refractivity contribution in [1.29, 1.82) is 0 Å². The Morgan fingerprint density at radius 2 is 2.31 bits per heavy atom. The van der Waals surface area contributed by atoms with E-state index < -0.39 is 0 Å². The van der Waals surface area contributed by atoms with Crippen LogP contribution in [0.5, 0.6) is 0 Å². The third-order valence-corrected chi connectivity index (χ3v) is 2.91. The summed E-state index contributed by atoms with van der Waals surface area (Å²) in [6, 6.07) is 0. The number of unbranched alkanes of at least 4 members (excludes halogenated alkanes) is 2. The molecule has 74 valence electrons. The Morgan fingerprint density at radius 1 is 1.46 bits per heavy atom. The van der Waals surface area contributed by atoms with E-state index in [9.17, 15) is 0 Å². The van der Waals surface area contributed by atoms with Crippen molar-refractivity contribution in [1.82, 2.24) is 10.3 Å². The molecule has 1 N–H and O–H groups in total. The van der Waals surface area contributed by atoms with E-state index >= 15 is 0 Å². The third kappa shape index (κ3) is 3.87. The highest BCUT2D eigenvalue weighted by Gasteiger charge is 2.00. The lowest BCUT2D eigenvalue weighted by Gasteiger charge is -1.94. The van der Waals surface area contributed by atoms with E-state index in [4.69, 9.17) is 0 Å². The molecule has 1 aromatic rings. The second-order valence-electron chi connectivity index (χ2n) is 3.22. The molecule has 0 radical (unpaired) electrons. The molecule has 2 nitrogen and oxygen atoms in total. The first-order valence-electron chi connectivity index (χ1n) is 4.94. The van der Waals surface area contributed by atoms with Crippen LogP contribution >= 0.6 is 11.3 Å². The lowest BCUT2D eigenvalue weighted by Crippen LogP contribution is -2.05. The lowest BCUT2D eigenvalue weighted by molar-refractivity contribution is 0.710. The Bertz CT molecular complexity index is 233. The maximum atomic E-state index is 4.53. The van der Waals surface area contributed by atoms with E-state index in [-0.39, 0.29) is 0 Å². The van der Waals surface area contributed by atoms with Gasteiger partial charge in [-0.2, -0.15) is 0 Å². The zero-order chi connectivity index (χ0) is 9.52. The maximum Gasteiger partial charge on any atom is 0.0928 e. The molecule has 0 aliphatic rings. The molecule has 0 aromatic carbocycles. The molecule has 0 bridgehead atoms. The normalized spacial score (nSPS) is 10.6. The van der Waals surface area contributed by atoms with Crippen molar-refractivity contribution in [2.45, 2.75) is 39.2 Å². The van der Waals surface area contributed by atoms with E-state index in [1.54, 1.807) is 11.3 Å². The van der Waals surface area contributed by atoms with Gasteiger partial charge < -0.3 is 5.32 Å². The number of rotatable bonds is 6. The Hall–Kier alpha value is -0.410. The molecule has 0 amide bonds. The fourth-order valence-corrected chi connectivity index (χ4v) is 2.09. The summed E-state index contributed by atoms with van der Waals surface area (Å²) >= 11 is 1.79. The Kier molecular flexibility index (Phi) is 5.01. The molecule has 1 aromatic heterocycles. The molecular formula is C10H18N2S. The van der Waals surface area contributed by atoms with Gasteiger partial charge in [-0.15, -0.1) is 11.3 Å². The van der Waals surface area contributed by atoms with Gasteiger partial charge in [0.1, 0.15) is 0 Å². The summed E-state index contributed by atoms with van der Waals surface area (Å²) in [5.41, 5.74) is 1.18. The molecule has 13 heavy (non-hydrogen) atoms. The van der Waals surface area contributed by atoms with Crippen LogP contribution in [-0.4, -0.2) is 12.0 Å². The second kappa shape index (κ2) is 6.11. The number of aromatic nitrogens is 1. The second-order valence-corrected chi connectivity index (χ2v) is 4.16.